The zero-order valence-corrected chi connectivity index (χ0v) is 14.7. The van der Waals surface area contributed by atoms with Crippen LogP contribution in [0.1, 0.15) is 24.2 Å². The number of nitrogens with zero attached hydrogens (tertiary/aromatic N) is 4. The Kier molecular flexibility index (Phi) is 5.93. The van der Waals surface area contributed by atoms with E-state index in [-0.39, 0.29) is 6.61 Å². The standard InChI is InChI=1S/C16H28ClN5O/c1-13-16(17)15(19-18-13)12-21-4-2-14(3-5-21)22-8-6-20(7-9-22)10-11-23/h14,23H,2-12H2,1H3,(H,18,19). The molecule has 0 atom stereocenters. The minimum Gasteiger partial charge on any atom is -0.395 e. The zero-order valence-electron chi connectivity index (χ0n) is 14.0. The van der Waals surface area contributed by atoms with Crippen molar-refractivity contribution in [3.63, 3.8) is 0 Å². The van der Waals surface area contributed by atoms with Crippen molar-refractivity contribution < 1.29 is 5.11 Å². The van der Waals surface area contributed by atoms with Gasteiger partial charge in [-0.2, -0.15) is 5.10 Å². The van der Waals surface area contributed by atoms with Gasteiger partial charge in [-0.3, -0.25) is 19.8 Å². The fraction of sp³-hybridized carbons (Fsp3) is 0.812. The molecule has 0 aromatic carbocycles. The van der Waals surface area contributed by atoms with E-state index >= 15 is 0 Å². The molecule has 7 heteroatoms. The molecule has 2 N–H and O–H groups in total. The van der Waals surface area contributed by atoms with Gasteiger partial charge in [-0.15, -0.1) is 0 Å². The first kappa shape index (κ1) is 17.2. The average molecular weight is 342 g/mol. The maximum atomic E-state index is 9.03. The molecule has 3 rings (SSSR count). The van der Waals surface area contributed by atoms with Crippen LogP contribution in [0, 0.1) is 6.92 Å². The highest BCUT2D eigenvalue weighted by atomic mass is 35.5. The Labute approximate surface area is 143 Å². The molecule has 130 valence electrons. The minimum atomic E-state index is 0.271. The van der Waals surface area contributed by atoms with Crippen molar-refractivity contribution in [3.8, 4) is 0 Å². The van der Waals surface area contributed by atoms with Crippen LogP contribution in [0.2, 0.25) is 5.02 Å². The van der Waals surface area contributed by atoms with E-state index in [1.807, 2.05) is 6.92 Å². The molecule has 0 unspecified atom stereocenters. The summed E-state index contributed by atoms with van der Waals surface area (Å²) in [4.78, 5) is 7.45. The summed E-state index contributed by atoms with van der Waals surface area (Å²) in [7, 11) is 0. The number of H-pyrrole nitrogens is 1. The first-order valence-corrected chi connectivity index (χ1v) is 9.04. The molecule has 2 aliphatic rings. The predicted molar refractivity (Wildman–Crippen MR) is 91.7 cm³/mol. The summed E-state index contributed by atoms with van der Waals surface area (Å²) in [6.07, 6.45) is 2.45. The molecule has 1 aromatic heterocycles. The van der Waals surface area contributed by atoms with E-state index in [2.05, 4.69) is 24.9 Å². The lowest BCUT2D eigenvalue weighted by Crippen LogP contribution is -2.53. The number of rotatable bonds is 5. The van der Waals surface area contributed by atoms with E-state index in [9.17, 15) is 0 Å². The molecule has 2 saturated heterocycles. The average Bonchev–Trinajstić information content (AvgIpc) is 2.89. The summed E-state index contributed by atoms with van der Waals surface area (Å²) in [5, 5.41) is 17.1. The zero-order chi connectivity index (χ0) is 16.2. The van der Waals surface area contributed by atoms with E-state index in [0.29, 0.717) is 6.04 Å². The third kappa shape index (κ3) is 4.25. The number of aliphatic hydroxyl groups is 1. The second-order valence-electron chi connectivity index (χ2n) is 6.72. The minimum absolute atomic E-state index is 0.271. The number of piperazine rings is 1. The van der Waals surface area contributed by atoms with Crippen molar-refractivity contribution in [3.05, 3.63) is 16.4 Å². The van der Waals surface area contributed by atoms with Crippen LogP contribution in [0.5, 0.6) is 0 Å². The lowest BCUT2D eigenvalue weighted by Gasteiger charge is -2.42. The van der Waals surface area contributed by atoms with Gasteiger partial charge in [0.1, 0.15) is 0 Å². The highest BCUT2D eigenvalue weighted by Gasteiger charge is 2.27. The Balaban J connectivity index is 1.43. The van der Waals surface area contributed by atoms with Gasteiger partial charge in [0.25, 0.3) is 0 Å². The lowest BCUT2D eigenvalue weighted by molar-refractivity contribution is 0.0514. The van der Waals surface area contributed by atoms with E-state index in [1.54, 1.807) is 0 Å². The van der Waals surface area contributed by atoms with Crippen LogP contribution in [0.4, 0.5) is 0 Å². The number of β-amino-alcohol motifs (C(OH)–C–C–N with tert-alkyl or cyclic N) is 1. The molecule has 3 heterocycles. The Morgan fingerprint density at radius 2 is 1.83 bits per heavy atom. The lowest BCUT2D eigenvalue weighted by atomic mass is 10.0. The fourth-order valence-electron chi connectivity index (χ4n) is 3.72. The van der Waals surface area contributed by atoms with Gasteiger partial charge >= 0.3 is 0 Å². The van der Waals surface area contributed by atoms with Crippen LogP contribution in [0.3, 0.4) is 0 Å². The summed E-state index contributed by atoms with van der Waals surface area (Å²) < 4.78 is 0. The molecule has 0 bridgehead atoms. The highest BCUT2D eigenvalue weighted by molar-refractivity contribution is 6.31. The number of aryl methyl sites for hydroxylation is 1. The van der Waals surface area contributed by atoms with Crippen LogP contribution in [-0.4, -0.2) is 88.5 Å². The van der Waals surface area contributed by atoms with Crippen molar-refractivity contribution in [2.24, 2.45) is 0 Å². The van der Waals surface area contributed by atoms with Crippen molar-refractivity contribution >= 4 is 11.6 Å². The van der Waals surface area contributed by atoms with Crippen molar-refractivity contribution in [1.82, 2.24) is 24.9 Å². The summed E-state index contributed by atoms with van der Waals surface area (Å²) in [5.74, 6) is 0. The highest BCUT2D eigenvalue weighted by Crippen LogP contribution is 2.23. The van der Waals surface area contributed by atoms with E-state index in [1.165, 1.54) is 12.8 Å². The predicted octanol–water partition coefficient (Wildman–Crippen LogP) is 0.946. The van der Waals surface area contributed by atoms with Crippen LogP contribution < -0.4 is 0 Å². The Morgan fingerprint density at radius 3 is 2.39 bits per heavy atom. The molecule has 2 fully saturated rings. The molecule has 0 saturated carbocycles. The van der Waals surface area contributed by atoms with Crippen LogP contribution in [0.15, 0.2) is 0 Å². The quantitative estimate of drug-likeness (QED) is 0.835. The first-order valence-electron chi connectivity index (χ1n) is 8.66. The molecule has 23 heavy (non-hydrogen) atoms. The maximum absolute atomic E-state index is 9.03. The van der Waals surface area contributed by atoms with Gasteiger partial charge in [-0.05, 0) is 19.8 Å². The topological polar surface area (TPSA) is 58.6 Å². The summed E-state index contributed by atoms with van der Waals surface area (Å²) in [6, 6.07) is 0.707. The van der Waals surface area contributed by atoms with Gasteiger partial charge in [0.2, 0.25) is 0 Å². The second-order valence-corrected chi connectivity index (χ2v) is 7.10. The van der Waals surface area contributed by atoms with Crippen LogP contribution in [0.25, 0.3) is 0 Å². The number of aliphatic hydroxyl groups excluding tert-OH is 1. The SMILES string of the molecule is Cc1[nH]nc(CN2CCC(N3CCN(CCO)CC3)CC2)c1Cl. The molecule has 6 nitrogen and oxygen atoms in total. The number of piperidine rings is 1. The summed E-state index contributed by atoms with van der Waals surface area (Å²) in [6.45, 7) is 10.6. The number of halogens is 1. The monoisotopic (exact) mass is 341 g/mol. The number of likely N-dealkylation sites (tertiary alicyclic amines) is 1. The van der Waals surface area contributed by atoms with Gasteiger partial charge in [0.05, 0.1) is 23.0 Å². The van der Waals surface area contributed by atoms with Gasteiger partial charge in [-0.25, -0.2) is 0 Å². The maximum Gasteiger partial charge on any atom is 0.0951 e. The molecule has 0 radical (unpaired) electrons. The van der Waals surface area contributed by atoms with Gasteiger partial charge in [-0.1, -0.05) is 11.6 Å². The van der Waals surface area contributed by atoms with Gasteiger partial charge in [0.15, 0.2) is 0 Å². The smallest absolute Gasteiger partial charge is 0.0951 e. The molecule has 0 amide bonds. The molecule has 2 aliphatic heterocycles. The number of hydrogen-bond donors (Lipinski definition) is 2. The first-order chi connectivity index (χ1) is 11.2. The van der Waals surface area contributed by atoms with Crippen molar-refractivity contribution in [2.75, 3.05) is 52.4 Å². The van der Waals surface area contributed by atoms with Crippen LogP contribution >= 0.6 is 11.6 Å². The Morgan fingerprint density at radius 1 is 1.13 bits per heavy atom. The van der Waals surface area contributed by atoms with E-state index < -0.39 is 0 Å². The van der Waals surface area contributed by atoms with Crippen molar-refractivity contribution in [1.29, 1.82) is 0 Å². The number of aromatic amines is 1. The third-order valence-electron chi connectivity index (χ3n) is 5.21. The number of aromatic nitrogens is 2. The van der Waals surface area contributed by atoms with Gasteiger partial charge < -0.3 is 5.11 Å². The molecular formula is C16H28ClN5O. The van der Waals surface area contributed by atoms with Gasteiger partial charge in [0, 0.05) is 58.4 Å². The van der Waals surface area contributed by atoms with E-state index in [0.717, 1.165) is 68.8 Å². The number of hydrogen-bond acceptors (Lipinski definition) is 5. The Bertz CT molecular complexity index is 493. The molecular weight excluding hydrogens is 314 g/mol. The summed E-state index contributed by atoms with van der Waals surface area (Å²) >= 11 is 6.27. The number of nitrogens with one attached hydrogen (secondary N) is 1. The molecule has 1 aromatic rings. The van der Waals surface area contributed by atoms with Crippen molar-refractivity contribution in [2.45, 2.75) is 32.4 Å². The van der Waals surface area contributed by atoms with E-state index in [4.69, 9.17) is 16.7 Å². The third-order valence-corrected chi connectivity index (χ3v) is 5.71. The second kappa shape index (κ2) is 7.94. The normalized spacial score (nSPS) is 22.7. The Hall–Kier alpha value is -0.660. The molecule has 0 aliphatic carbocycles. The van der Waals surface area contributed by atoms with Crippen LogP contribution in [-0.2, 0) is 6.54 Å². The fourth-order valence-corrected chi connectivity index (χ4v) is 3.86. The largest absolute Gasteiger partial charge is 0.395 e. The molecule has 0 spiro atoms. The summed E-state index contributed by atoms with van der Waals surface area (Å²) in [5.41, 5.74) is 1.93.